The zero-order chi connectivity index (χ0) is 13.7. The molecule has 0 saturated heterocycles. The minimum absolute atomic E-state index is 0.114. The van der Waals surface area contributed by atoms with E-state index in [0.717, 1.165) is 23.9 Å². The molecule has 1 aliphatic rings. The van der Waals surface area contributed by atoms with Crippen molar-refractivity contribution in [1.29, 1.82) is 0 Å². The normalized spacial score (nSPS) is 18.1. The first-order valence-electron chi connectivity index (χ1n) is 7.35. The van der Waals surface area contributed by atoms with E-state index in [0.29, 0.717) is 0 Å². The van der Waals surface area contributed by atoms with Gasteiger partial charge < -0.3 is 10.6 Å². The number of hydrogen-bond acceptors (Lipinski definition) is 2. The summed E-state index contributed by atoms with van der Waals surface area (Å²) >= 11 is 5.89. The average Bonchev–Trinajstić information content (AvgIpc) is 2.89. The second-order valence-electron chi connectivity index (χ2n) is 5.86. The summed E-state index contributed by atoms with van der Waals surface area (Å²) in [4.78, 5) is 2.44. The maximum Gasteiger partial charge on any atom is 0.0406 e. The smallest absolute Gasteiger partial charge is 0.0406 e. The van der Waals surface area contributed by atoms with E-state index < -0.39 is 0 Å². The van der Waals surface area contributed by atoms with E-state index in [1.165, 1.54) is 37.8 Å². The Morgan fingerprint density at radius 2 is 1.89 bits per heavy atom. The zero-order valence-corrected chi connectivity index (χ0v) is 12.6. The summed E-state index contributed by atoms with van der Waals surface area (Å²) in [5.74, 6) is 0.914. The highest BCUT2D eigenvalue weighted by Gasteiger charge is 2.17. The molecule has 0 radical (unpaired) electrons. The van der Waals surface area contributed by atoms with Gasteiger partial charge in [-0.05, 0) is 56.5 Å². The molecule has 0 aliphatic heterocycles. The Kier molecular flexibility index (Phi) is 5.68. The first-order valence-corrected chi connectivity index (χ1v) is 7.72. The zero-order valence-electron chi connectivity index (χ0n) is 11.8. The number of rotatable bonds is 6. The molecule has 1 unspecified atom stereocenters. The van der Waals surface area contributed by atoms with Gasteiger partial charge >= 0.3 is 0 Å². The van der Waals surface area contributed by atoms with Crippen LogP contribution in [0.1, 0.15) is 43.7 Å². The summed E-state index contributed by atoms with van der Waals surface area (Å²) in [6.45, 7) is 2.30. The Bertz CT molecular complexity index is 371. The molecule has 0 amide bonds. The number of benzene rings is 1. The predicted octanol–water partition coefficient (Wildman–Crippen LogP) is 3.85. The Morgan fingerprint density at radius 3 is 2.53 bits per heavy atom. The topological polar surface area (TPSA) is 29.3 Å². The summed E-state index contributed by atoms with van der Waals surface area (Å²) in [5, 5.41) is 0.773. The maximum atomic E-state index is 6.23. The minimum atomic E-state index is 0.114. The molecular weight excluding hydrogens is 256 g/mol. The van der Waals surface area contributed by atoms with E-state index in [-0.39, 0.29) is 6.04 Å². The standard InChI is InChI=1S/C16H25ClN2/c1-19(12-13-4-2-3-5-13)11-10-16(18)14-6-8-15(17)9-7-14/h6-9,13,16H,2-5,10-12,18H2,1H3. The molecule has 2 N–H and O–H groups in total. The highest BCUT2D eigenvalue weighted by Crippen LogP contribution is 2.25. The van der Waals surface area contributed by atoms with Gasteiger partial charge in [-0.3, -0.25) is 0 Å². The molecule has 0 heterocycles. The molecule has 1 atom stereocenters. The molecule has 1 fully saturated rings. The minimum Gasteiger partial charge on any atom is -0.324 e. The number of hydrogen-bond donors (Lipinski definition) is 1. The van der Waals surface area contributed by atoms with Crippen molar-refractivity contribution in [2.24, 2.45) is 11.7 Å². The van der Waals surface area contributed by atoms with E-state index in [1.54, 1.807) is 0 Å². The summed E-state index contributed by atoms with van der Waals surface area (Å²) in [5.41, 5.74) is 7.41. The molecule has 2 nitrogen and oxygen atoms in total. The Labute approximate surface area is 121 Å². The van der Waals surface area contributed by atoms with Crippen molar-refractivity contribution in [2.75, 3.05) is 20.1 Å². The molecule has 19 heavy (non-hydrogen) atoms. The van der Waals surface area contributed by atoms with Gasteiger partial charge in [-0.15, -0.1) is 0 Å². The van der Waals surface area contributed by atoms with Crippen LogP contribution in [0, 0.1) is 5.92 Å². The van der Waals surface area contributed by atoms with Crippen LogP contribution in [0.15, 0.2) is 24.3 Å². The second-order valence-corrected chi connectivity index (χ2v) is 6.30. The molecule has 3 heteroatoms. The second kappa shape index (κ2) is 7.28. The van der Waals surface area contributed by atoms with Crippen LogP contribution in [0.25, 0.3) is 0 Å². The van der Waals surface area contributed by atoms with Gasteiger partial charge in [0.2, 0.25) is 0 Å². The first-order chi connectivity index (χ1) is 9.15. The predicted molar refractivity (Wildman–Crippen MR) is 82.5 cm³/mol. The lowest BCUT2D eigenvalue weighted by molar-refractivity contribution is 0.268. The van der Waals surface area contributed by atoms with Crippen LogP contribution in [-0.2, 0) is 0 Å². The Balaban J connectivity index is 1.73. The summed E-state index contributed by atoms with van der Waals surface area (Å²) in [6.07, 6.45) is 6.66. The van der Waals surface area contributed by atoms with Crippen molar-refractivity contribution in [1.82, 2.24) is 4.90 Å². The van der Waals surface area contributed by atoms with E-state index in [1.807, 2.05) is 24.3 Å². The van der Waals surface area contributed by atoms with Crippen LogP contribution >= 0.6 is 11.6 Å². The van der Waals surface area contributed by atoms with Crippen LogP contribution in [0.5, 0.6) is 0 Å². The average molecular weight is 281 g/mol. The lowest BCUT2D eigenvalue weighted by Crippen LogP contribution is -2.28. The largest absolute Gasteiger partial charge is 0.324 e. The SMILES string of the molecule is CN(CCC(N)c1ccc(Cl)cc1)CC1CCCC1. The number of nitrogens with zero attached hydrogens (tertiary/aromatic N) is 1. The fraction of sp³-hybridized carbons (Fsp3) is 0.625. The quantitative estimate of drug-likeness (QED) is 0.858. The third-order valence-corrected chi connectivity index (χ3v) is 4.42. The monoisotopic (exact) mass is 280 g/mol. The first kappa shape index (κ1) is 14.8. The molecule has 2 rings (SSSR count). The molecular formula is C16H25ClN2. The van der Waals surface area contributed by atoms with E-state index in [9.17, 15) is 0 Å². The van der Waals surface area contributed by atoms with E-state index in [2.05, 4.69) is 11.9 Å². The Hall–Kier alpha value is -0.570. The molecule has 1 aromatic rings. The van der Waals surface area contributed by atoms with Crippen LogP contribution in [0.4, 0.5) is 0 Å². The fourth-order valence-corrected chi connectivity index (χ4v) is 3.09. The van der Waals surface area contributed by atoms with Gasteiger partial charge in [0.15, 0.2) is 0 Å². The molecule has 106 valence electrons. The molecule has 1 saturated carbocycles. The molecule has 0 bridgehead atoms. The Morgan fingerprint density at radius 1 is 1.26 bits per heavy atom. The summed E-state index contributed by atoms with van der Waals surface area (Å²) in [6, 6.07) is 8.01. The van der Waals surface area contributed by atoms with Crippen molar-refractivity contribution in [3.8, 4) is 0 Å². The van der Waals surface area contributed by atoms with Crippen molar-refractivity contribution in [3.05, 3.63) is 34.9 Å². The van der Waals surface area contributed by atoms with Crippen molar-refractivity contribution < 1.29 is 0 Å². The molecule has 1 aromatic carbocycles. The lowest BCUT2D eigenvalue weighted by Gasteiger charge is -2.22. The molecule has 0 spiro atoms. The van der Waals surface area contributed by atoms with Gasteiger partial charge in [-0.1, -0.05) is 36.6 Å². The van der Waals surface area contributed by atoms with Crippen LogP contribution in [-0.4, -0.2) is 25.0 Å². The van der Waals surface area contributed by atoms with Crippen molar-refractivity contribution in [2.45, 2.75) is 38.1 Å². The lowest BCUT2D eigenvalue weighted by atomic mass is 10.0. The maximum absolute atomic E-state index is 6.23. The number of nitrogens with two attached hydrogens (primary N) is 1. The van der Waals surface area contributed by atoms with Gasteiger partial charge in [0.1, 0.15) is 0 Å². The third-order valence-electron chi connectivity index (χ3n) is 4.16. The third kappa shape index (κ3) is 4.79. The summed E-state index contributed by atoms with van der Waals surface area (Å²) in [7, 11) is 2.22. The van der Waals surface area contributed by atoms with Crippen LogP contribution in [0.3, 0.4) is 0 Å². The number of halogens is 1. The van der Waals surface area contributed by atoms with Gasteiger partial charge in [-0.2, -0.15) is 0 Å². The van der Waals surface area contributed by atoms with Gasteiger partial charge in [0, 0.05) is 17.6 Å². The van der Waals surface area contributed by atoms with Crippen LogP contribution < -0.4 is 5.73 Å². The molecule has 1 aliphatic carbocycles. The van der Waals surface area contributed by atoms with Crippen molar-refractivity contribution >= 4 is 11.6 Å². The van der Waals surface area contributed by atoms with Gasteiger partial charge in [0.25, 0.3) is 0 Å². The summed E-state index contributed by atoms with van der Waals surface area (Å²) < 4.78 is 0. The van der Waals surface area contributed by atoms with E-state index >= 15 is 0 Å². The fourth-order valence-electron chi connectivity index (χ4n) is 2.96. The van der Waals surface area contributed by atoms with Crippen LogP contribution in [0.2, 0.25) is 5.02 Å². The highest BCUT2D eigenvalue weighted by atomic mass is 35.5. The van der Waals surface area contributed by atoms with Gasteiger partial charge in [-0.25, -0.2) is 0 Å². The molecule has 0 aromatic heterocycles. The highest BCUT2D eigenvalue weighted by molar-refractivity contribution is 6.30. The van der Waals surface area contributed by atoms with Crippen molar-refractivity contribution in [3.63, 3.8) is 0 Å². The van der Waals surface area contributed by atoms with E-state index in [4.69, 9.17) is 17.3 Å². The van der Waals surface area contributed by atoms with Gasteiger partial charge in [0.05, 0.1) is 0 Å².